The van der Waals surface area contributed by atoms with Crippen molar-refractivity contribution in [1.82, 2.24) is 4.98 Å². The summed E-state index contributed by atoms with van der Waals surface area (Å²) in [5.41, 5.74) is 1.35. The quantitative estimate of drug-likeness (QED) is 0.658. The first kappa shape index (κ1) is 11.6. The average molecular weight is 255 g/mol. The van der Waals surface area contributed by atoms with Crippen LogP contribution in [0.15, 0.2) is 47.0 Å². The number of nitrogens with zero attached hydrogens (tertiary/aromatic N) is 1. The van der Waals surface area contributed by atoms with Crippen LogP contribution in [0.5, 0.6) is 0 Å². The number of furan rings is 1. The molecule has 0 radical (unpaired) electrons. The van der Waals surface area contributed by atoms with E-state index in [2.05, 4.69) is 4.98 Å². The van der Waals surface area contributed by atoms with Gasteiger partial charge in [-0.3, -0.25) is 9.78 Å². The Morgan fingerprint density at radius 3 is 2.79 bits per heavy atom. The molecule has 94 valence electrons. The summed E-state index contributed by atoms with van der Waals surface area (Å²) in [5, 5.41) is 0.573. The highest BCUT2D eigenvalue weighted by Crippen LogP contribution is 2.23. The van der Waals surface area contributed by atoms with Crippen molar-refractivity contribution in [3.8, 4) is 0 Å². The van der Waals surface area contributed by atoms with Gasteiger partial charge in [0, 0.05) is 22.8 Å². The van der Waals surface area contributed by atoms with Crippen LogP contribution in [0.2, 0.25) is 0 Å². The fourth-order valence-corrected chi connectivity index (χ4v) is 1.88. The Labute approximate surface area is 108 Å². The number of pyridine rings is 1. The summed E-state index contributed by atoms with van der Waals surface area (Å²) in [6.07, 6.45) is 1.49. The lowest BCUT2D eigenvalue weighted by Gasteiger charge is -1.97. The van der Waals surface area contributed by atoms with Crippen LogP contribution in [0, 0.1) is 12.7 Å². The SMILES string of the molecule is Cc1ccc(C(=O)c2cc3cccc(F)c3o2)cn1. The minimum absolute atomic E-state index is 0.103. The number of aromatic nitrogens is 1. The molecule has 3 nitrogen and oxygen atoms in total. The second-order valence-corrected chi connectivity index (χ2v) is 4.29. The Morgan fingerprint density at radius 2 is 2.11 bits per heavy atom. The van der Waals surface area contributed by atoms with Crippen molar-refractivity contribution in [3.05, 3.63) is 65.4 Å². The van der Waals surface area contributed by atoms with E-state index in [4.69, 9.17) is 4.42 Å². The maximum atomic E-state index is 13.5. The molecule has 0 bridgehead atoms. The van der Waals surface area contributed by atoms with Gasteiger partial charge in [-0.25, -0.2) is 4.39 Å². The van der Waals surface area contributed by atoms with Crippen LogP contribution in [-0.2, 0) is 0 Å². The Bertz CT molecular complexity index is 759. The van der Waals surface area contributed by atoms with Crippen molar-refractivity contribution in [2.45, 2.75) is 6.92 Å². The maximum Gasteiger partial charge on any atom is 0.229 e. The fourth-order valence-electron chi connectivity index (χ4n) is 1.88. The first-order chi connectivity index (χ1) is 9.15. The van der Waals surface area contributed by atoms with Gasteiger partial charge < -0.3 is 4.42 Å². The molecule has 0 saturated carbocycles. The molecule has 0 fully saturated rings. The van der Waals surface area contributed by atoms with Crippen molar-refractivity contribution < 1.29 is 13.6 Å². The van der Waals surface area contributed by atoms with E-state index in [0.717, 1.165) is 5.69 Å². The summed E-state index contributed by atoms with van der Waals surface area (Å²) in [6.45, 7) is 1.84. The van der Waals surface area contributed by atoms with Gasteiger partial charge in [0.05, 0.1) is 0 Å². The Hall–Kier alpha value is -2.49. The minimum Gasteiger partial charge on any atom is -0.449 e. The zero-order valence-electron chi connectivity index (χ0n) is 10.2. The number of hydrogen-bond donors (Lipinski definition) is 0. The van der Waals surface area contributed by atoms with Gasteiger partial charge in [0.15, 0.2) is 17.2 Å². The molecule has 0 spiro atoms. The molecule has 0 aliphatic carbocycles. The van der Waals surface area contributed by atoms with Gasteiger partial charge in [-0.1, -0.05) is 12.1 Å². The van der Waals surface area contributed by atoms with E-state index in [-0.39, 0.29) is 17.1 Å². The molecule has 0 amide bonds. The standard InChI is InChI=1S/C15H10FNO2/c1-9-5-6-11(8-17-9)14(18)13-7-10-3-2-4-12(16)15(10)19-13/h2-8H,1H3. The summed E-state index contributed by atoms with van der Waals surface area (Å²) in [5.74, 6) is -0.660. The van der Waals surface area contributed by atoms with Gasteiger partial charge in [0.25, 0.3) is 0 Å². The van der Waals surface area contributed by atoms with Crippen molar-refractivity contribution in [3.63, 3.8) is 0 Å². The van der Waals surface area contributed by atoms with Crippen LogP contribution in [-0.4, -0.2) is 10.8 Å². The molecule has 1 aromatic carbocycles. The van der Waals surface area contributed by atoms with E-state index < -0.39 is 5.82 Å². The molecule has 0 saturated heterocycles. The van der Waals surface area contributed by atoms with Crippen LogP contribution in [0.1, 0.15) is 21.8 Å². The molecule has 19 heavy (non-hydrogen) atoms. The number of fused-ring (bicyclic) bond motifs is 1. The molecule has 0 aliphatic heterocycles. The summed E-state index contributed by atoms with van der Waals surface area (Å²) >= 11 is 0. The lowest BCUT2D eigenvalue weighted by atomic mass is 10.1. The predicted molar refractivity (Wildman–Crippen MR) is 68.6 cm³/mol. The topological polar surface area (TPSA) is 43.1 Å². The Kier molecular flexibility index (Phi) is 2.63. The number of halogens is 1. The van der Waals surface area contributed by atoms with Crippen LogP contribution in [0.25, 0.3) is 11.0 Å². The lowest BCUT2D eigenvalue weighted by Crippen LogP contribution is -2.00. The number of benzene rings is 1. The van der Waals surface area contributed by atoms with Gasteiger partial charge >= 0.3 is 0 Å². The molecule has 0 N–H and O–H groups in total. The van der Waals surface area contributed by atoms with Gasteiger partial charge in [0.1, 0.15) is 0 Å². The smallest absolute Gasteiger partial charge is 0.229 e. The molecule has 2 heterocycles. The monoisotopic (exact) mass is 255 g/mol. The number of para-hydroxylation sites is 1. The molecular weight excluding hydrogens is 245 g/mol. The van der Waals surface area contributed by atoms with E-state index >= 15 is 0 Å². The van der Waals surface area contributed by atoms with Crippen LogP contribution in [0.3, 0.4) is 0 Å². The number of hydrogen-bond acceptors (Lipinski definition) is 3. The fraction of sp³-hybridized carbons (Fsp3) is 0.0667. The summed E-state index contributed by atoms with van der Waals surface area (Å²) in [4.78, 5) is 16.2. The van der Waals surface area contributed by atoms with Crippen LogP contribution >= 0.6 is 0 Å². The molecule has 0 unspecified atom stereocenters. The number of ketones is 1. The third-order valence-corrected chi connectivity index (χ3v) is 2.89. The van der Waals surface area contributed by atoms with E-state index in [9.17, 15) is 9.18 Å². The largest absolute Gasteiger partial charge is 0.449 e. The highest BCUT2D eigenvalue weighted by molar-refractivity contribution is 6.08. The van der Waals surface area contributed by atoms with Crippen molar-refractivity contribution >= 4 is 16.8 Å². The minimum atomic E-state index is -0.474. The van der Waals surface area contributed by atoms with E-state index in [1.54, 1.807) is 30.3 Å². The third-order valence-electron chi connectivity index (χ3n) is 2.89. The van der Waals surface area contributed by atoms with Crippen molar-refractivity contribution in [1.29, 1.82) is 0 Å². The van der Waals surface area contributed by atoms with Gasteiger partial charge in [0.2, 0.25) is 5.78 Å². The molecule has 3 aromatic rings. The van der Waals surface area contributed by atoms with Crippen molar-refractivity contribution in [2.24, 2.45) is 0 Å². The van der Waals surface area contributed by atoms with Gasteiger partial charge in [-0.15, -0.1) is 0 Å². The molecule has 0 aliphatic rings. The maximum absolute atomic E-state index is 13.5. The normalized spacial score (nSPS) is 10.8. The molecule has 0 atom stereocenters. The van der Waals surface area contributed by atoms with Crippen LogP contribution in [0.4, 0.5) is 4.39 Å². The lowest BCUT2D eigenvalue weighted by molar-refractivity contribution is 0.101. The zero-order valence-corrected chi connectivity index (χ0v) is 10.2. The number of rotatable bonds is 2. The van der Waals surface area contributed by atoms with E-state index in [0.29, 0.717) is 10.9 Å². The Balaban J connectivity index is 2.06. The molecule has 3 rings (SSSR count). The molecule has 2 aromatic heterocycles. The summed E-state index contributed by atoms with van der Waals surface area (Å²) in [6, 6.07) is 9.54. The Morgan fingerprint density at radius 1 is 1.26 bits per heavy atom. The average Bonchev–Trinajstić information content (AvgIpc) is 2.84. The van der Waals surface area contributed by atoms with Crippen LogP contribution < -0.4 is 0 Å². The summed E-state index contributed by atoms with van der Waals surface area (Å²) < 4.78 is 18.8. The van der Waals surface area contributed by atoms with Gasteiger partial charge in [-0.05, 0) is 31.2 Å². The van der Waals surface area contributed by atoms with Gasteiger partial charge in [-0.2, -0.15) is 0 Å². The molecule has 4 heteroatoms. The van der Waals surface area contributed by atoms with Crippen molar-refractivity contribution in [2.75, 3.05) is 0 Å². The predicted octanol–water partition coefficient (Wildman–Crippen LogP) is 3.51. The second kappa shape index (κ2) is 4.31. The third kappa shape index (κ3) is 2.01. The number of carbonyl (C=O) groups is 1. The first-order valence-corrected chi connectivity index (χ1v) is 5.80. The first-order valence-electron chi connectivity index (χ1n) is 5.80. The highest BCUT2D eigenvalue weighted by Gasteiger charge is 2.16. The zero-order chi connectivity index (χ0) is 13.4. The number of carbonyl (C=O) groups excluding carboxylic acids is 1. The number of aryl methyl sites for hydroxylation is 1. The summed E-state index contributed by atoms with van der Waals surface area (Å²) in [7, 11) is 0. The highest BCUT2D eigenvalue weighted by atomic mass is 19.1. The van der Waals surface area contributed by atoms with E-state index in [1.165, 1.54) is 12.3 Å². The van der Waals surface area contributed by atoms with E-state index in [1.807, 2.05) is 6.92 Å². The molecular formula is C15H10FNO2. The second-order valence-electron chi connectivity index (χ2n) is 4.29.